The molecule has 1 N–H and O–H groups in total. The summed E-state index contributed by atoms with van der Waals surface area (Å²) in [6.07, 6.45) is 16.2. The highest BCUT2D eigenvalue weighted by molar-refractivity contribution is 7.80. The minimum absolute atomic E-state index is 0.0899. The van der Waals surface area contributed by atoms with Gasteiger partial charge in [-0.3, -0.25) is 4.55 Å². The van der Waals surface area contributed by atoms with Crippen LogP contribution in [0.4, 0.5) is 0 Å². The lowest BCUT2D eigenvalue weighted by Gasteiger charge is -2.00. The zero-order valence-electron chi connectivity index (χ0n) is 15.0. The van der Waals surface area contributed by atoms with E-state index in [2.05, 4.69) is 25.0 Å². The molecule has 0 aliphatic rings. The molecule has 5 heteroatoms. The highest BCUT2D eigenvalue weighted by Gasteiger charge is 2.02. The van der Waals surface area contributed by atoms with Crippen molar-refractivity contribution in [1.82, 2.24) is 0 Å². The van der Waals surface area contributed by atoms with Crippen LogP contribution in [0.3, 0.4) is 0 Å². The molecule has 0 saturated carbocycles. The van der Waals surface area contributed by atoms with Crippen molar-refractivity contribution in [2.45, 2.75) is 104 Å². The maximum atomic E-state index is 10.1. The minimum atomic E-state index is -4.23. The van der Waals surface area contributed by atoms with E-state index in [1.54, 1.807) is 0 Å². The lowest BCUT2D eigenvalue weighted by atomic mass is 10.1. The third kappa shape index (κ3) is 28.1. The molecule has 0 heterocycles. The van der Waals surface area contributed by atoms with Gasteiger partial charge in [0.05, 0.1) is 6.61 Å². The summed E-state index contributed by atoms with van der Waals surface area (Å²) in [6.45, 7) is 6.77. The standard InChI is InChI=1S/C9H20O4S.C8H18/c1-2-3-4-5-6-7-8-9-13-14(10,11)12;1-3-5-7-8-6-4-2/h2-9H2,1H3,(H,10,11,12);3-8H2,1-2H3. The molecule has 0 amide bonds. The second kappa shape index (κ2) is 18.9. The van der Waals surface area contributed by atoms with Crippen molar-refractivity contribution in [3.63, 3.8) is 0 Å². The van der Waals surface area contributed by atoms with Gasteiger partial charge < -0.3 is 0 Å². The van der Waals surface area contributed by atoms with E-state index in [0.717, 1.165) is 12.8 Å². The Hall–Kier alpha value is -0.130. The molecule has 0 rings (SSSR count). The third-order valence-electron chi connectivity index (χ3n) is 3.44. The van der Waals surface area contributed by atoms with Crippen LogP contribution in [0, 0.1) is 0 Å². The van der Waals surface area contributed by atoms with E-state index in [9.17, 15) is 8.42 Å². The highest BCUT2D eigenvalue weighted by atomic mass is 32.3. The molecule has 0 aromatic rings. The van der Waals surface area contributed by atoms with Crippen molar-refractivity contribution in [1.29, 1.82) is 0 Å². The Morgan fingerprint density at radius 1 is 0.636 bits per heavy atom. The Labute approximate surface area is 139 Å². The number of hydrogen-bond donors (Lipinski definition) is 1. The van der Waals surface area contributed by atoms with E-state index in [1.807, 2.05) is 0 Å². The molecule has 0 unspecified atom stereocenters. The highest BCUT2D eigenvalue weighted by Crippen LogP contribution is 2.07. The van der Waals surface area contributed by atoms with Gasteiger partial charge >= 0.3 is 10.4 Å². The lowest BCUT2D eigenvalue weighted by molar-refractivity contribution is 0.261. The number of unbranched alkanes of at least 4 members (excludes halogenated alkanes) is 11. The molecule has 0 fully saturated rings. The second-order valence-electron chi connectivity index (χ2n) is 5.79. The fraction of sp³-hybridized carbons (Fsp3) is 1.00. The molecule has 0 atom stereocenters. The van der Waals surface area contributed by atoms with Crippen molar-refractivity contribution >= 4 is 10.4 Å². The molecule has 0 aliphatic heterocycles. The van der Waals surface area contributed by atoms with Gasteiger partial charge in [-0.1, -0.05) is 97.8 Å². The van der Waals surface area contributed by atoms with Crippen molar-refractivity contribution in [2.75, 3.05) is 6.61 Å². The van der Waals surface area contributed by atoms with Gasteiger partial charge in [0, 0.05) is 0 Å². The topological polar surface area (TPSA) is 63.6 Å². The van der Waals surface area contributed by atoms with Gasteiger partial charge in [0.15, 0.2) is 0 Å². The maximum absolute atomic E-state index is 10.1. The second-order valence-corrected chi connectivity index (χ2v) is 6.88. The SMILES string of the molecule is CCCCCCCC.CCCCCCCCCOS(=O)(=O)O. The minimum Gasteiger partial charge on any atom is -0.264 e. The fourth-order valence-corrected chi connectivity index (χ4v) is 2.41. The Bertz CT molecular complexity index is 283. The molecule has 22 heavy (non-hydrogen) atoms. The van der Waals surface area contributed by atoms with Gasteiger partial charge in [-0.05, 0) is 6.42 Å². The van der Waals surface area contributed by atoms with E-state index < -0.39 is 10.4 Å². The molecule has 4 nitrogen and oxygen atoms in total. The van der Waals surface area contributed by atoms with Gasteiger partial charge in [-0.25, -0.2) is 4.18 Å². The third-order valence-corrected chi connectivity index (χ3v) is 3.90. The summed E-state index contributed by atoms with van der Waals surface area (Å²) in [6, 6.07) is 0. The van der Waals surface area contributed by atoms with Crippen LogP contribution in [-0.2, 0) is 14.6 Å². The van der Waals surface area contributed by atoms with Gasteiger partial charge in [0.2, 0.25) is 0 Å². The predicted octanol–water partition coefficient (Wildman–Crippen LogP) is 5.92. The zero-order valence-corrected chi connectivity index (χ0v) is 15.8. The molecule has 0 spiro atoms. The molecular formula is C17H38O4S. The van der Waals surface area contributed by atoms with Crippen LogP contribution in [-0.4, -0.2) is 19.6 Å². The predicted molar refractivity (Wildman–Crippen MR) is 94.5 cm³/mol. The summed E-state index contributed by atoms with van der Waals surface area (Å²) in [5.41, 5.74) is 0. The fourth-order valence-electron chi connectivity index (χ4n) is 2.08. The molecule has 0 saturated heterocycles. The molecule has 0 aromatic heterocycles. The van der Waals surface area contributed by atoms with Gasteiger partial charge in [-0.2, -0.15) is 8.42 Å². The number of hydrogen-bond acceptors (Lipinski definition) is 3. The van der Waals surface area contributed by atoms with Gasteiger partial charge in [0.25, 0.3) is 0 Å². The molecule has 0 bridgehead atoms. The van der Waals surface area contributed by atoms with Crippen LogP contribution < -0.4 is 0 Å². The summed E-state index contributed by atoms with van der Waals surface area (Å²) in [4.78, 5) is 0. The summed E-state index contributed by atoms with van der Waals surface area (Å²) < 4.78 is 32.7. The monoisotopic (exact) mass is 338 g/mol. The van der Waals surface area contributed by atoms with Crippen LogP contribution in [0.2, 0.25) is 0 Å². The summed E-state index contributed by atoms with van der Waals surface area (Å²) in [5, 5.41) is 0. The van der Waals surface area contributed by atoms with Crippen molar-refractivity contribution in [3.8, 4) is 0 Å². The Morgan fingerprint density at radius 2 is 0.955 bits per heavy atom. The lowest BCUT2D eigenvalue weighted by Crippen LogP contribution is -2.04. The molecule has 136 valence electrons. The van der Waals surface area contributed by atoms with E-state index >= 15 is 0 Å². The van der Waals surface area contributed by atoms with E-state index in [4.69, 9.17) is 4.55 Å². The van der Waals surface area contributed by atoms with Crippen LogP contribution in [0.25, 0.3) is 0 Å². The maximum Gasteiger partial charge on any atom is 0.397 e. The Kier molecular flexibility index (Phi) is 20.7. The Morgan fingerprint density at radius 3 is 1.27 bits per heavy atom. The first-order chi connectivity index (χ1) is 10.5. The quantitative estimate of drug-likeness (QED) is 0.315. The molecule has 0 radical (unpaired) electrons. The first-order valence-corrected chi connectivity index (χ1v) is 10.5. The van der Waals surface area contributed by atoms with Crippen LogP contribution >= 0.6 is 0 Å². The van der Waals surface area contributed by atoms with Gasteiger partial charge in [-0.15, -0.1) is 0 Å². The van der Waals surface area contributed by atoms with Gasteiger partial charge in [0.1, 0.15) is 0 Å². The van der Waals surface area contributed by atoms with Crippen LogP contribution in [0.1, 0.15) is 104 Å². The summed E-state index contributed by atoms with van der Waals surface area (Å²) in [5.74, 6) is 0. The smallest absolute Gasteiger partial charge is 0.264 e. The largest absolute Gasteiger partial charge is 0.397 e. The summed E-state index contributed by atoms with van der Waals surface area (Å²) >= 11 is 0. The average Bonchev–Trinajstić information content (AvgIpc) is 2.46. The number of rotatable bonds is 14. The van der Waals surface area contributed by atoms with Crippen molar-refractivity contribution in [2.24, 2.45) is 0 Å². The Balaban J connectivity index is 0. The van der Waals surface area contributed by atoms with E-state index in [1.165, 1.54) is 64.2 Å². The van der Waals surface area contributed by atoms with Crippen molar-refractivity contribution in [3.05, 3.63) is 0 Å². The average molecular weight is 339 g/mol. The first kappa shape index (κ1) is 24.1. The van der Waals surface area contributed by atoms with Crippen LogP contribution in [0.5, 0.6) is 0 Å². The molecule has 0 aromatic carbocycles. The first-order valence-electron chi connectivity index (χ1n) is 9.09. The molecule has 0 aliphatic carbocycles. The normalized spacial score (nSPS) is 11.1. The summed E-state index contributed by atoms with van der Waals surface area (Å²) in [7, 11) is -4.23. The molecular weight excluding hydrogens is 300 g/mol. The van der Waals surface area contributed by atoms with Crippen molar-refractivity contribution < 1.29 is 17.2 Å². The van der Waals surface area contributed by atoms with Crippen LogP contribution in [0.15, 0.2) is 0 Å². The zero-order chi connectivity index (χ0) is 17.1. The van der Waals surface area contributed by atoms with E-state index in [-0.39, 0.29) is 6.61 Å². The van der Waals surface area contributed by atoms with E-state index in [0.29, 0.717) is 6.42 Å².